The van der Waals surface area contributed by atoms with Crippen LogP contribution in [0.3, 0.4) is 0 Å². The minimum atomic E-state index is -0.202. The topological polar surface area (TPSA) is 64.6 Å². The summed E-state index contributed by atoms with van der Waals surface area (Å²) in [6.45, 7) is 9.36. The first-order chi connectivity index (χ1) is 12.4. The lowest BCUT2D eigenvalue weighted by Crippen LogP contribution is -2.55. The third kappa shape index (κ3) is 4.57. The molecule has 1 aromatic carbocycles. The molecule has 1 fully saturated rings. The summed E-state index contributed by atoms with van der Waals surface area (Å²) >= 11 is 0. The number of rotatable bonds is 5. The van der Waals surface area contributed by atoms with E-state index in [1.165, 1.54) is 19.3 Å². The van der Waals surface area contributed by atoms with Crippen molar-refractivity contribution in [2.75, 3.05) is 13.1 Å². The lowest BCUT2D eigenvalue weighted by Gasteiger charge is -2.38. The van der Waals surface area contributed by atoms with E-state index in [0.717, 1.165) is 24.2 Å². The van der Waals surface area contributed by atoms with E-state index in [1.807, 2.05) is 6.07 Å². The van der Waals surface area contributed by atoms with Crippen LogP contribution in [-0.4, -0.2) is 47.1 Å². The van der Waals surface area contributed by atoms with Gasteiger partial charge in [-0.3, -0.25) is 9.69 Å². The van der Waals surface area contributed by atoms with Crippen molar-refractivity contribution in [1.29, 1.82) is 0 Å². The Morgan fingerprint density at radius 1 is 1.35 bits per heavy atom. The zero-order valence-corrected chi connectivity index (χ0v) is 16.3. The number of hydrogen-bond acceptors (Lipinski definition) is 4. The number of benzene rings is 1. The maximum absolute atomic E-state index is 12.9. The highest BCUT2D eigenvalue weighted by atomic mass is 16.3. The van der Waals surface area contributed by atoms with Gasteiger partial charge < -0.3 is 15.7 Å². The van der Waals surface area contributed by atoms with Gasteiger partial charge in [0, 0.05) is 25.2 Å². The molecule has 0 saturated carbocycles. The maximum Gasteiger partial charge on any atom is 0.237 e. The predicted octanol–water partition coefficient (Wildman–Crippen LogP) is 2.42. The maximum atomic E-state index is 12.9. The first kappa shape index (κ1) is 19.2. The molecular formula is C21H33N3O2. The molecule has 5 heteroatoms. The lowest BCUT2D eigenvalue weighted by molar-refractivity contribution is -0.124. The molecule has 0 radical (unpaired) electrons. The molecule has 1 amide bonds. The molecule has 1 saturated heterocycles. The van der Waals surface area contributed by atoms with Crippen LogP contribution in [0.4, 0.5) is 0 Å². The SMILES string of the molecule is CC(C)C(CN1CCCCC1C)NC(=O)[C@H]1Cc2ccc(O)cc2CN1. The quantitative estimate of drug-likeness (QED) is 0.755. The van der Waals surface area contributed by atoms with E-state index in [0.29, 0.717) is 24.9 Å². The van der Waals surface area contributed by atoms with Crippen molar-refractivity contribution in [2.24, 2.45) is 5.92 Å². The second-order valence-corrected chi connectivity index (χ2v) is 8.29. The van der Waals surface area contributed by atoms with Crippen LogP contribution >= 0.6 is 0 Å². The highest BCUT2D eigenvalue weighted by Crippen LogP contribution is 2.22. The molecule has 144 valence electrons. The van der Waals surface area contributed by atoms with E-state index >= 15 is 0 Å². The van der Waals surface area contributed by atoms with Crippen LogP contribution in [0.25, 0.3) is 0 Å². The fourth-order valence-electron chi connectivity index (χ4n) is 4.07. The zero-order valence-electron chi connectivity index (χ0n) is 16.3. The first-order valence-electron chi connectivity index (χ1n) is 10.0. The van der Waals surface area contributed by atoms with Gasteiger partial charge in [-0.2, -0.15) is 0 Å². The smallest absolute Gasteiger partial charge is 0.237 e. The van der Waals surface area contributed by atoms with Gasteiger partial charge in [-0.15, -0.1) is 0 Å². The van der Waals surface area contributed by atoms with Crippen molar-refractivity contribution in [3.63, 3.8) is 0 Å². The zero-order chi connectivity index (χ0) is 18.7. The first-order valence-corrected chi connectivity index (χ1v) is 10.0. The molecule has 2 heterocycles. The van der Waals surface area contributed by atoms with Crippen molar-refractivity contribution in [3.8, 4) is 5.75 Å². The number of likely N-dealkylation sites (tertiary alicyclic amines) is 1. The summed E-state index contributed by atoms with van der Waals surface area (Å²) in [5.41, 5.74) is 2.23. The highest BCUT2D eigenvalue weighted by Gasteiger charge is 2.29. The molecule has 3 N–H and O–H groups in total. The molecule has 26 heavy (non-hydrogen) atoms. The summed E-state index contributed by atoms with van der Waals surface area (Å²) in [6, 6.07) is 5.99. The normalized spacial score (nSPS) is 24.9. The van der Waals surface area contributed by atoms with E-state index in [1.54, 1.807) is 12.1 Å². The van der Waals surface area contributed by atoms with Gasteiger partial charge in [-0.25, -0.2) is 0 Å². The summed E-state index contributed by atoms with van der Waals surface area (Å²) in [5, 5.41) is 16.2. The molecule has 1 aromatic rings. The van der Waals surface area contributed by atoms with Gasteiger partial charge in [0.2, 0.25) is 5.91 Å². The largest absolute Gasteiger partial charge is 0.508 e. The van der Waals surface area contributed by atoms with Crippen molar-refractivity contribution in [2.45, 2.75) is 71.1 Å². The van der Waals surface area contributed by atoms with Gasteiger partial charge in [0.05, 0.1) is 6.04 Å². The van der Waals surface area contributed by atoms with Crippen LogP contribution in [0.5, 0.6) is 5.75 Å². The Labute approximate surface area is 157 Å². The van der Waals surface area contributed by atoms with E-state index in [4.69, 9.17) is 0 Å². The summed E-state index contributed by atoms with van der Waals surface area (Å²) < 4.78 is 0. The molecule has 3 rings (SSSR count). The summed E-state index contributed by atoms with van der Waals surface area (Å²) in [7, 11) is 0. The molecular weight excluding hydrogens is 326 g/mol. The van der Waals surface area contributed by atoms with Crippen LogP contribution in [-0.2, 0) is 17.8 Å². The monoisotopic (exact) mass is 359 g/mol. The number of amides is 1. The standard InChI is InChI=1S/C21H33N3O2/c1-14(2)20(13-24-9-5-4-6-15(24)3)23-21(26)19-11-16-7-8-18(25)10-17(16)12-22-19/h7-8,10,14-15,19-20,22,25H,4-6,9,11-13H2,1-3H3,(H,23,26)/t15?,19-,20?/m1/s1. The van der Waals surface area contributed by atoms with E-state index in [-0.39, 0.29) is 23.7 Å². The summed E-state index contributed by atoms with van der Waals surface area (Å²) in [5.74, 6) is 0.775. The number of aromatic hydroxyl groups is 1. The van der Waals surface area contributed by atoms with Crippen LogP contribution < -0.4 is 10.6 Å². The second-order valence-electron chi connectivity index (χ2n) is 8.29. The summed E-state index contributed by atoms with van der Waals surface area (Å²) in [6.07, 6.45) is 4.51. The number of nitrogens with zero attached hydrogens (tertiary/aromatic N) is 1. The average Bonchev–Trinajstić information content (AvgIpc) is 2.62. The molecule has 0 aliphatic carbocycles. The molecule has 5 nitrogen and oxygen atoms in total. The Kier molecular flexibility index (Phi) is 6.20. The Morgan fingerprint density at radius 3 is 2.88 bits per heavy atom. The van der Waals surface area contributed by atoms with Gasteiger partial charge in [0.15, 0.2) is 0 Å². The van der Waals surface area contributed by atoms with Crippen LogP contribution in [0.15, 0.2) is 18.2 Å². The van der Waals surface area contributed by atoms with E-state index in [9.17, 15) is 9.90 Å². The minimum absolute atomic E-state index is 0.0899. The Hall–Kier alpha value is -1.59. The Morgan fingerprint density at radius 2 is 2.15 bits per heavy atom. The average molecular weight is 360 g/mol. The number of piperidine rings is 1. The number of fused-ring (bicyclic) bond motifs is 1. The predicted molar refractivity (Wildman–Crippen MR) is 104 cm³/mol. The number of carbonyl (C=O) groups is 1. The Balaban J connectivity index is 1.60. The third-order valence-corrected chi connectivity index (χ3v) is 5.97. The van der Waals surface area contributed by atoms with Gasteiger partial charge in [0.25, 0.3) is 0 Å². The van der Waals surface area contributed by atoms with Gasteiger partial charge in [0.1, 0.15) is 5.75 Å². The fraction of sp³-hybridized carbons (Fsp3) is 0.667. The van der Waals surface area contributed by atoms with Crippen molar-refractivity contribution in [3.05, 3.63) is 29.3 Å². The van der Waals surface area contributed by atoms with Crippen molar-refractivity contribution in [1.82, 2.24) is 15.5 Å². The molecule has 2 aliphatic rings. The molecule has 2 unspecified atom stereocenters. The number of phenolic OH excluding ortho intramolecular Hbond substituents is 1. The van der Waals surface area contributed by atoms with Crippen LogP contribution in [0, 0.1) is 5.92 Å². The van der Waals surface area contributed by atoms with Gasteiger partial charge >= 0.3 is 0 Å². The minimum Gasteiger partial charge on any atom is -0.508 e. The Bertz CT molecular complexity index is 632. The van der Waals surface area contributed by atoms with Crippen molar-refractivity contribution < 1.29 is 9.90 Å². The second kappa shape index (κ2) is 8.40. The number of phenols is 1. The van der Waals surface area contributed by atoms with E-state index in [2.05, 4.69) is 36.3 Å². The van der Waals surface area contributed by atoms with E-state index < -0.39 is 0 Å². The third-order valence-electron chi connectivity index (χ3n) is 5.97. The van der Waals surface area contributed by atoms with Crippen LogP contribution in [0.2, 0.25) is 0 Å². The molecule has 0 spiro atoms. The van der Waals surface area contributed by atoms with Crippen molar-refractivity contribution >= 4 is 5.91 Å². The summed E-state index contributed by atoms with van der Waals surface area (Å²) in [4.78, 5) is 15.4. The number of carbonyl (C=O) groups excluding carboxylic acids is 1. The molecule has 0 bridgehead atoms. The highest BCUT2D eigenvalue weighted by molar-refractivity contribution is 5.82. The fourth-order valence-corrected chi connectivity index (χ4v) is 4.07. The van der Waals surface area contributed by atoms with Gasteiger partial charge in [-0.1, -0.05) is 26.3 Å². The van der Waals surface area contributed by atoms with Gasteiger partial charge in [-0.05, 0) is 61.9 Å². The molecule has 2 aliphatic heterocycles. The van der Waals surface area contributed by atoms with Crippen LogP contribution in [0.1, 0.15) is 51.2 Å². The molecule has 0 aromatic heterocycles. The molecule has 3 atom stereocenters. The number of hydrogen-bond donors (Lipinski definition) is 3. The lowest BCUT2D eigenvalue weighted by atomic mass is 9.94. The number of nitrogens with one attached hydrogen (secondary N) is 2.